The highest BCUT2D eigenvalue weighted by Gasteiger charge is 2.13. The molecule has 5 nitrogen and oxygen atoms in total. The second-order valence-electron chi connectivity index (χ2n) is 1.35. The minimum atomic E-state index is -2.20. The van der Waals surface area contributed by atoms with Crippen LogP contribution in [0.15, 0.2) is 0 Å². The topological polar surface area (TPSA) is 97.7 Å². The van der Waals surface area contributed by atoms with Crippen LogP contribution in [0.25, 0.3) is 0 Å². The highest BCUT2D eigenvalue weighted by molar-refractivity contribution is 6.00. The van der Waals surface area contributed by atoms with E-state index in [1.165, 1.54) is 0 Å². The monoisotopic (exact) mass is 133 g/mol. The molecular weight excluding hydrogens is 128 g/mol. The molecule has 5 heteroatoms. The van der Waals surface area contributed by atoms with Crippen LogP contribution in [0.2, 0.25) is 0 Å². The molecule has 0 aliphatic carbocycles. The van der Waals surface area contributed by atoms with Gasteiger partial charge in [0.25, 0.3) is 0 Å². The Hall–Kier alpha value is -0.940. The van der Waals surface area contributed by atoms with Crippen LogP contribution < -0.4 is 5.11 Å². The Morgan fingerprint density at radius 2 is 2.00 bits per heavy atom. The van der Waals surface area contributed by atoms with Gasteiger partial charge in [0.1, 0.15) is 6.61 Å². The summed E-state index contributed by atoms with van der Waals surface area (Å²) in [5, 5.41) is 25.8. The third-order valence-electron chi connectivity index (χ3n) is 0.684. The molecule has 0 spiro atoms. The van der Waals surface area contributed by atoms with Gasteiger partial charge >= 0.3 is 0 Å². The van der Waals surface area contributed by atoms with Crippen molar-refractivity contribution < 1.29 is 24.9 Å². The number of carbonyl (C=O) groups is 2. The molecule has 0 fully saturated rings. The lowest BCUT2D eigenvalue weighted by Gasteiger charge is -2.06. The lowest BCUT2D eigenvalue weighted by atomic mass is 10.2. The Bertz CT molecular complexity index is 129. The van der Waals surface area contributed by atoms with Gasteiger partial charge in [-0.3, -0.25) is 4.79 Å². The first-order valence-corrected chi connectivity index (χ1v) is 2.12. The quantitative estimate of drug-likeness (QED) is 0.392. The van der Waals surface area contributed by atoms with Gasteiger partial charge in [-0.15, -0.1) is 0 Å². The fourth-order valence-electron chi connectivity index (χ4n) is 0.218. The number of aliphatic hydroxyl groups is 2. The molecule has 0 saturated carbocycles. The first-order valence-electron chi connectivity index (χ1n) is 2.12. The minimum Gasteiger partial charge on any atom is -0.547 e. The van der Waals surface area contributed by atoms with Gasteiger partial charge in [-0.1, -0.05) is 0 Å². The smallest absolute Gasteiger partial charge is 0.192 e. The van der Waals surface area contributed by atoms with Crippen molar-refractivity contribution in [2.45, 2.75) is 6.10 Å². The van der Waals surface area contributed by atoms with E-state index in [9.17, 15) is 14.7 Å². The van der Waals surface area contributed by atoms with Crippen LogP contribution in [-0.4, -0.2) is 34.7 Å². The number of hydrogen-bond acceptors (Lipinski definition) is 5. The maximum Gasteiger partial charge on any atom is 0.192 e. The van der Waals surface area contributed by atoms with Crippen molar-refractivity contribution in [1.29, 1.82) is 0 Å². The number of Topliss-reactive ketones (excluding diaryl/α,β-unsaturated/α-hetero) is 1. The van der Waals surface area contributed by atoms with Gasteiger partial charge in [0.2, 0.25) is 0 Å². The fraction of sp³-hybridized carbons (Fsp3) is 0.500. The van der Waals surface area contributed by atoms with Gasteiger partial charge in [-0.05, 0) is 0 Å². The van der Waals surface area contributed by atoms with E-state index in [1.807, 2.05) is 0 Å². The van der Waals surface area contributed by atoms with Gasteiger partial charge < -0.3 is 20.1 Å². The molecular formula is C4H5O5-. The maximum atomic E-state index is 10.0. The summed E-state index contributed by atoms with van der Waals surface area (Å²) in [7, 11) is 0. The van der Waals surface area contributed by atoms with Crippen LogP contribution in [0, 0.1) is 0 Å². The molecule has 9 heavy (non-hydrogen) atoms. The number of rotatable bonds is 3. The second kappa shape index (κ2) is 3.16. The number of carboxylic acid groups (broad SMARTS) is 1. The number of carbonyl (C=O) groups excluding carboxylic acids is 2. The van der Waals surface area contributed by atoms with Gasteiger partial charge in [0.15, 0.2) is 11.9 Å². The Kier molecular flexibility index (Phi) is 2.83. The Morgan fingerprint density at radius 1 is 1.56 bits per heavy atom. The van der Waals surface area contributed by atoms with Crippen molar-refractivity contribution in [2.75, 3.05) is 6.61 Å². The molecule has 52 valence electrons. The molecule has 0 rings (SSSR count). The van der Waals surface area contributed by atoms with Gasteiger partial charge in [0.05, 0.1) is 5.97 Å². The van der Waals surface area contributed by atoms with Crippen LogP contribution in [0.1, 0.15) is 0 Å². The summed E-state index contributed by atoms with van der Waals surface area (Å²) in [4.78, 5) is 19.6. The number of hydrogen-bond donors (Lipinski definition) is 2. The van der Waals surface area contributed by atoms with E-state index in [-0.39, 0.29) is 0 Å². The standard InChI is InChI=1S/C4H6O5/c5-1-2(6)3(7)4(8)9/h3,5,7H,1H2,(H,8,9)/p-1. The van der Waals surface area contributed by atoms with Crippen molar-refractivity contribution in [3.05, 3.63) is 0 Å². The Balaban J connectivity index is 3.88. The molecule has 0 radical (unpaired) electrons. The SMILES string of the molecule is O=C([O-])C(O)C(=O)CO. The second-order valence-corrected chi connectivity index (χ2v) is 1.35. The minimum absolute atomic E-state index is 0.991. The summed E-state index contributed by atoms with van der Waals surface area (Å²) in [6.07, 6.45) is -2.20. The van der Waals surface area contributed by atoms with E-state index in [2.05, 4.69) is 0 Å². The molecule has 1 unspecified atom stereocenters. The summed E-state index contributed by atoms with van der Waals surface area (Å²) in [6.45, 7) is -0.991. The average molecular weight is 133 g/mol. The molecule has 0 aromatic carbocycles. The van der Waals surface area contributed by atoms with Crippen LogP contribution in [0.4, 0.5) is 0 Å². The molecule has 1 atom stereocenters. The number of carboxylic acids is 1. The van der Waals surface area contributed by atoms with Crippen LogP contribution in [0.3, 0.4) is 0 Å². The maximum absolute atomic E-state index is 10.0. The summed E-state index contributed by atoms with van der Waals surface area (Å²) in [5.41, 5.74) is 0. The van der Waals surface area contributed by atoms with E-state index < -0.39 is 24.5 Å². The lowest BCUT2D eigenvalue weighted by Crippen LogP contribution is -2.42. The van der Waals surface area contributed by atoms with Gasteiger partial charge in [-0.2, -0.15) is 0 Å². The predicted octanol–water partition coefficient (Wildman–Crippen LogP) is -3.34. The number of aliphatic hydroxyl groups excluding tert-OH is 2. The summed E-state index contributed by atoms with van der Waals surface area (Å²) < 4.78 is 0. The first kappa shape index (κ1) is 8.06. The fourth-order valence-corrected chi connectivity index (χ4v) is 0.218. The molecule has 2 N–H and O–H groups in total. The summed E-state index contributed by atoms with van der Waals surface area (Å²) in [6, 6.07) is 0. The normalized spacial score (nSPS) is 12.7. The van der Waals surface area contributed by atoms with E-state index >= 15 is 0 Å². The number of aliphatic carboxylic acids is 1. The van der Waals surface area contributed by atoms with Crippen molar-refractivity contribution in [3.63, 3.8) is 0 Å². The zero-order chi connectivity index (χ0) is 7.44. The van der Waals surface area contributed by atoms with E-state index in [1.54, 1.807) is 0 Å². The van der Waals surface area contributed by atoms with Crippen molar-refractivity contribution in [2.24, 2.45) is 0 Å². The number of ketones is 1. The Morgan fingerprint density at radius 3 is 2.11 bits per heavy atom. The first-order chi connectivity index (χ1) is 4.09. The van der Waals surface area contributed by atoms with Gasteiger partial charge in [0, 0.05) is 0 Å². The molecule has 0 bridgehead atoms. The average Bonchev–Trinajstić information content (AvgIpc) is 1.84. The highest BCUT2D eigenvalue weighted by atomic mass is 16.4. The largest absolute Gasteiger partial charge is 0.547 e. The van der Waals surface area contributed by atoms with Crippen LogP contribution in [0.5, 0.6) is 0 Å². The molecule has 0 aromatic heterocycles. The lowest BCUT2D eigenvalue weighted by molar-refractivity contribution is -0.313. The van der Waals surface area contributed by atoms with Crippen molar-refractivity contribution >= 4 is 11.8 Å². The van der Waals surface area contributed by atoms with E-state index in [0.29, 0.717) is 0 Å². The zero-order valence-electron chi connectivity index (χ0n) is 4.40. The van der Waals surface area contributed by atoms with Crippen molar-refractivity contribution in [1.82, 2.24) is 0 Å². The summed E-state index contributed by atoms with van der Waals surface area (Å²) in [5.74, 6) is -3.07. The molecule has 0 aliphatic rings. The molecule has 0 heterocycles. The van der Waals surface area contributed by atoms with E-state index in [0.717, 1.165) is 0 Å². The third-order valence-corrected chi connectivity index (χ3v) is 0.684. The Labute approximate surface area is 50.5 Å². The van der Waals surface area contributed by atoms with Crippen molar-refractivity contribution in [3.8, 4) is 0 Å². The molecule has 0 aliphatic heterocycles. The van der Waals surface area contributed by atoms with Gasteiger partial charge in [-0.25, -0.2) is 0 Å². The van der Waals surface area contributed by atoms with E-state index in [4.69, 9.17) is 10.2 Å². The van der Waals surface area contributed by atoms with Crippen LogP contribution in [-0.2, 0) is 9.59 Å². The zero-order valence-corrected chi connectivity index (χ0v) is 4.40. The highest BCUT2D eigenvalue weighted by Crippen LogP contribution is 1.80. The predicted molar refractivity (Wildman–Crippen MR) is 23.1 cm³/mol. The third kappa shape index (κ3) is 2.20. The molecule has 0 saturated heterocycles. The molecule has 0 amide bonds. The van der Waals surface area contributed by atoms with Crippen LogP contribution >= 0.6 is 0 Å². The molecule has 0 aromatic rings. The summed E-state index contributed by atoms with van der Waals surface area (Å²) >= 11 is 0.